The summed E-state index contributed by atoms with van der Waals surface area (Å²) in [6, 6.07) is 17.2. The Labute approximate surface area is 148 Å². The molecule has 0 aliphatic heterocycles. The van der Waals surface area contributed by atoms with E-state index in [4.69, 9.17) is 4.18 Å². The van der Waals surface area contributed by atoms with Crippen LogP contribution in [0, 0.1) is 0 Å². The van der Waals surface area contributed by atoms with E-state index in [0.29, 0.717) is 5.75 Å². The molecule has 0 spiro atoms. The normalized spacial score (nSPS) is 11.1. The van der Waals surface area contributed by atoms with Crippen molar-refractivity contribution in [2.24, 2.45) is 0 Å². The quantitative estimate of drug-likeness (QED) is 0.414. The van der Waals surface area contributed by atoms with Crippen LogP contribution in [0.3, 0.4) is 0 Å². The fourth-order valence-corrected chi connectivity index (χ4v) is 2.80. The SMILES string of the molecule is C=C(C)S(=O)(=O)Oc1cccc2c1ccc1ccccc12.[H-].[H-].[Mg+2]. The molecule has 3 rings (SSSR count). The zero-order valence-electron chi connectivity index (χ0n) is 14.2. The van der Waals surface area contributed by atoms with Crippen LogP contribution in [0.2, 0.25) is 0 Å². The minimum Gasteiger partial charge on any atom is -1.00 e. The van der Waals surface area contributed by atoms with Crippen molar-refractivity contribution in [2.45, 2.75) is 6.92 Å². The Kier molecular flexibility index (Phi) is 4.80. The predicted molar refractivity (Wildman–Crippen MR) is 93.8 cm³/mol. The van der Waals surface area contributed by atoms with Crippen molar-refractivity contribution in [2.75, 3.05) is 0 Å². The van der Waals surface area contributed by atoms with Crippen molar-refractivity contribution in [3.05, 3.63) is 66.1 Å². The van der Waals surface area contributed by atoms with Crippen LogP contribution < -0.4 is 4.18 Å². The van der Waals surface area contributed by atoms with Gasteiger partial charge in [0.05, 0.1) is 4.91 Å². The van der Waals surface area contributed by atoms with E-state index in [2.05, 4.69) is 6.58 Å². The molecule has 0 aliphatic rings. The second-order valence-electron chi connectivity index (χ2n) is 4.88. The second-order valence-corrected chi connectivity index (χ2v) is 6.65. The van der Waals surface area contributed by atoms with Crippen molar-refractivity contribution < 1.29 is 15.5 Å². The van der Waals surface area contributed by atoms with Gasteiger partial charge < -0.3 is 7.04 Å². The van der Waals surface area contributed by atoms with Crippen LogP contribution in [-0.2, 0) is 10.1 Å². The minimum absolute atomic E-state index is 0. The third kappa shape index (κ3) is 2.97. The van der Waals surface area contributed by atoms with Crippen LogP contribution >= 0.6 is 0 Å². The second kappa shape index (κ2) is 6.28. The molecular formula is C17H16MgO3S. The molecule has 5 heteroatoms. The van der Waals surface area contributed by atoms with Gasteiger partial charge in [-0.1, -0.05) is 49.0 Å². The monoisotopic (exact) mass is 324 g/mol. The van der Waals surface area contributed by atoms with E-state index in [1.54, 1.807) is 12.1 Å². The Balaban J connectivity index is 0.00000176. The molecule has 0 N–H and O–H groups in total. The Morgan fingerprint density at radius 1 is 0.955 bits per heavy atom. The van der Waals surface area contributed by atoms with Crippen molar-refractivity contribution in [1.82, 2.24) is 0 Å². The summed E-state index contributed by atoms with van der Waals surface area (Å²) in [7, 11) is -3.79. The number of benzene rings is 3. The van der Waals surface area contributed by atoms with E-state index in [1.165, 1.54) is 6.92 Å². The number of allylic oxidation sites excluding steroid dienone is 1. The zero-order valence-corrected chi connectivity index (χ0v) is 14.5. The smallest absolute Gasteiger partial charge is 1.00 e. The van der Waals surface area contributed by atoms with E-state index in [9.17, 15) is 8.42 Å². The first kappa shape index (κ1) is 16.8. The van der Waals surface area contributed by atoms with E-state index in [1.807, 2.05) is 42.5 Å². The maximum Gasteiger partial charge on any atom is 2.00 e. The molecule has 0 radical (unpaired) electrons. The van der Waals surface area contributed by atoms with Gasteiger partial charge in [0.15, 0.2) is 5.75 Å². The zero-order chi connectivity index (χ0) is 15.0. The molecule has 0 amide bonds. The van der Waals surface area contributed by atoms with E-state index in [-0.39, 0.29) is 30.8 Å². The fourth-order valence-electron chi connectivity index (χ4n) is 2.27. The van der Waals surface area contributed by atoms with Crippen molar-refractivity contribution in [3.63, 3.8) is 0 Å². The molecule has 0 saturated carbocycles. The molecule has 0 aromatic heterocycles. The van der Waals surface area contributed by atoms with Gasteiger partial charge in [0.25, 0.3) is 0 Å². The van der Waals surface area contributed by atoms with Gasteiger partial charge >= 0.3 is 33.2 Å². The Hall–Kier alpha value is -1.56. The minimum atomic E-state index is -3.79. The topological polar surface area (TPSA) is 43.4 Å². The average Bonchev–Trinajstić information content (AvgIpc) is 2.47. The Bertz CT molecular complexity index is 972. The summed E-state index contributed by atoms with van der Waals surface area (Å²) in [5.74, 6) is 0.321. The van der Waals surface area contributed by atoms with Crippen molar-refractivity contribution in [3.8, 4) is 5.75 Å². The van der Waals surface area contributed by atoms with Crippen LogP contribution in [0.5, 0.6) is 5.75 Å². The molecule has 3 aromatic carbocycles. The molecule has 0 bridgehead atoms. The van der Waals surface area contributed by atoms with Crippen molar-refractivity contribution in [1.29, 1.82) is 0 Å². The summed E-state index contributed by atoms with van der Waals surface area (Å²) >= 11 is 0. The third-order valence-corrected chi connectivity index (χ3v) is 4.63. The molecule has 110 valence electrons. The Morgan fingerprint density at radius 3 is 2.36 bits per heavy atom. The van der Waals surface area contributed by atoms with Gasteiger partial charge in [0.1, 0.15) is 0 Å². The molecule has 0 aliphatic carbocycles. The first-order chi connectivity index (χ1) is 9.99. The van der Waals surface area contributed by atoms with E-state index < -0.39 is 10.1 Å². The van der Waals surface area contributed by atoms with Gasteiger partial charge in [-0.25, -0.2) is 0 Å². The van der Waals surface area contributed by atoms with Gasteiger partial charge in [-0.3, -0.25) is 0 Å². The van der Waals surface area contributed by atoms with E-state index in [0.717, 1.165) is 21.5 Å². The number of rotatable bonds is 3. The average molecular weight is 325 g/mol. The summed E-state index contributed by atoms with van der Waals surface area (Å²) in [6.07, 6.45) is 0. The van der Waals surface area contributed by atoms with E-state index >= 15 is 0 Å². The first-order valence-corrected chi connectivity index (χ1v) is 7.90. The number of fused-ring (bicyclic) bond motifs is 3. The largest absolute Gasteiger partial charge is 2.00 e. The maximum atomic E-state index is 11.9. The maximum absolute atomic E-state index is 11.9. The molecule has 0 fully saturated rings. The van der Waals surface area contributed by atoms with Gasteiger partial charge in [-0.05, 0) is 35.2 Å². The molecule has 3 nitrogen and oxygen atoms in total. The predicted octanol–water partition coefficient (Wildman–Crippen LogP) is 4.08. The molecule has 0 saturated heterocycles. The molecule has 0 unspecified atom stereocenters. The Morgan fingerprint density at radius 2 is 1.64 bits per heavy atom. The van der Waals surface area contributed by atoms with Crippen LogP contribution in [0.1, 0.15) is 9.78 Å². The summed E-state index contributed by atoms with van der Waals surface area (Å²) in [5, 5.41) is 3.89. The summed E-state index contributed by atoms with van der Waals surface area (Å²) < 4.78 is 29.0. The van der Waals surface area contributed by atoms with Gasteiger partial charge in [-0.2, -0.15) is 8.42 Å². The molecule has 0 heterocycles. The summed E-state index contributed by atoms with van der Waals surface area (Å²) in [4.78, 5) is -0.0136. The summed E-state index contributed by atoms with van der Waals surface area (Å²) in [5.41, 5.74) is 0. The van der Waals surface area contributed by atoms with Gasteiger partial charge in [0.2, 0.25) is 0 Å². The van der Waals surface area contributed by atoms with Crippen LogP contribution in [0.25, 0.3) is 21.5 Å². The number of hydrogen-bond donors (Lipinski definition) is 0. The standard InChI is InChI=1S/C17H14O3S.Mg.2H/c1-12(2)21(18,19)20-17-9-5-8-15-14-7-4-3-6-13(14)10-11-16(15)17;;;/h3-11H,1H2,2H3;;;/q;+2;2*-1. The third-order valence-electron chi connectivity index (χ3n) is 3.37. The summed E-state index contributed by atoms with van der Waals surface area (Å²) in [6.45, 7) is 4.85. The van der Waals surface area contributed by atoms with Gasteiger partial charge in [-0.15, -0.1) is 0 Å². The van der Waals surface area contributed by atoms with Crippen LogP contribution in [0.15, 0.2) is 66.1 Å². The van der Waals surface area contributed by atoms with Crippen LogP contribution in [0.4, 0.5) is 0 Å². The first-order valence-electron chi connectivity index (χ1n) is 6.49. The van der Waals surface area contributed by atoms with Crippen molar-refractivity contribution >= 4 is 54.7 Å². The number of hydrogen-bond acceptors (Lipinski definition) is 3. The van der Waals surface area contributed by atoms with Gasteiger partial charge in [0, 0.05) is 5.39 Å². The molecule has 3 aromatic rings. The molecular weight excluding hydrogens is 309 g/mol. The molecule has 22 heavy (non-hydrogen) atoms. The van der Waals surface area contributed by atoms with Crippen LogP contribution in [-0.4, -0.2) is 31.5 Å². The molecule has 0 atom stereocenters. The fraction of sp³-hybridized carbons (Fsp3) is 0.0588.